The summed E-state index contributed by atoms with van der Waals surface area (Å²) < 4.78 is 13.9. The molecule has 1 rings (SSSR count). The summed E-state index contributed by atoms with van der Waals surface area (Å²) in [5, 5.41) is 32.4. The van der Waals surface area contributed by atoms with Gasteiger partial charge in [0.25, 0.3) is 11.8 Å². The lowest BCUT2D eigenvalue weighted by Gasteiger charge is -2.06. The van der Waals surface area contributed by atoms with Crippen molar-refractivity contribution in [2.24, 2.45) is 0 Å². The van der Waals surface area contributed by atoms with E-state index in [9.17, 15) is 19.1 Å². The molecular formula is C23H39FN2O5. The molecule has 0 radical (unpaired) electrons. The first-order chi connectivity index (χ1) is 15.0. The fourth-order valence-electron chi connectivity index (χ4n) is 3.22. The zero-order valence-electron chi connectivity index (χ0n) is 18.5. The van der Waals surface area contributed by atoms with E-state index in [1.165, 1.54) is 12.2 Å². The normalized spacial score (nSPS) is 18.7. The minimum atomic E-state index is -0.811. The van der Waals surface area contributed by atoms with Crippen molar-refractivity contribution in [3.8, 4) is 0 Å². The molecular weight excluding hydrogens is 403 g/mol. The van der Waals surface area contributed by atoms with Crippen LogP contribution < -0.4 is 10.6 Å². The van der Waals surface area contributed by atoms with Crippen molar-refractivity contribution in [2.45, 2.75) is 95.6 Å². The number of hydrogen-bond acceptors (Lipinski definition) is 5. The lowest BCUT2D eigenvalue weighted by molar-refractivity contribution is -0.121. The molecule has 0 unspecified atom stereocenters. The van der Waals surface area contributed by atoms with E-state index in [2.05, 4.69) is 10.6 Å². The van der Waals surface area contributed by atoms with Crippen molar-refractivity contribution in [2.75, 3.05) is 13.2 Å². The van der Waals surface area contributed by atoms with Gasteiger partial charge < -0.3 is 26.0 Å². The van der Waals surface area contributed by atoms with Crippen molar-refractivity contribution in [3.63, 3.8) is 0 Å². The summed E-state index contributed by atoms with van der Waals surface area (Å²) in [5.41, 5.74) is 0. The van der Waals surface area contributed by atoms with Gasteiger partial charge in [0.05, 0.1) is 12.1 Å². The molecule has 7 nitrogen and oxygen atoms in total. The maximum atomic E-state index is 13.9. The molecule has 0 saturated heterocycles. The topological polar surface area (TPSA) is 119 Å². The second kappa shape index (κ2) is 16.7. The molecule has 8 heteroatoms. The second-order valence-corrected chi connectivity index (χ2v) is 8.10. The summed E-state index contributed by atoms with van der Waals surface area (Å²) in [6.45, 7) is 0.402. The Morgan fingerprint density at radius 3 is 1.74 bits per heavy atom. The molecule has 1 aliphatic carbocycles. The predicted octanol–water partition coefficient (Wildman–Crippen LogP) is 3.32. The fourth-order valence-corrected chi connectivity index (χ4v) is 3.22. The highest BCUT2D eigenvalue weighted by atomic mass is 19.1. The predicted molar refractivity (Wildman–Crippen MR) is 118 cm³/mol. The van der Waals surface area contributed by atoms with E-state index < -0.39 is 17.6 Å². The van der Waals surface area contributed by atoms with E-state index in [-0.39, 0.29) is 31.1 Å². The van der Waals surface area contributed by atoms with Gasteiger partial charge in [0, 0.05) is 13.2 Å². The lowest BCUT2D eigenvalue weighted by atomic mass is 10.1. The average Bonchev–Trinajstić information content (AvgIpc) is 3.48. The van der Waals surface area contributed by atoms with Crippen molar-refractivity contribution in [1.82, 2.24) is 10.6 Å². The van der Waals surface area contributed by atoms with Crippen LogP contribution in [-0.4, -0.2) is 52.4 Å². The summed E-state index contributed by atoms with van der Waals surface area (Å²) >= 11 is 0. The van der Waals surface area contributed by atoms with Crippen LogP contribution in [0, 0.1) is 0 Å². The summed E-state index contributed by atoms with van der Waals surface area (Å²) in [6.07, 6.45) is 13.4. The highest BCUT2D eigenvalue weighted by Gasteiger charge is 2.40. The van der Waals surface area contributed by atoms with Crippen LogP contribution in [-0.2, 0) is 9.59 Å². The van der Waals surface area contributed by atoms with Gasteiger partial charge in [0.2, 0.25) is 0 Å². The second-order valence-electron chi connectivity index (χ2n) is 8.10. The largest absolute Gasteiger partial charge is 0.503 e. The number of halogens is 1. The number of nitrogens with one attached hydrogen (secondary N) is 2. The standard InChI is InChI=1S/C23H39FN2O5/c24-18(13-9-5-1-3-7-11-15-27)22(30)25-19-17-20(19)26-23(31)21(29)14-10-6-2-4-8-12-16-28/h13-14,19-20,27-29H,1-12,15-17H2,(H,25,30)(H,26,31)/b18-13-,21-14-/t19-,20-/m1/s1. The van der Waals surface area contributed by atoms with E-state index in [1.54, 1.807) is 0 Å². The van der Waals surface area contributed by atoms with Gasteiger partial charge in [0.15, 0.2) is 11.6 Å². The first-order valence-electron chi connectivity index (χ1n) is 11.6. The number of amides is 2. The van der Waals surface area contributed by atoms with Crippen LogP contribution >= 0.6 is 0 Å². The Bertz CT molecular complexity index is 545. The number of carbonyl (C=O) groups excluding carboxylic acids is 2. The van der Waals surface area contributed by atoms with Crippen molar-refractivity contribution >= 4 is 11.8 Å². The number of rotatable bonds is 18. The fraction of sp³-hybridized carbons (Fsp3) is 0.739. The van der Waals surface area contributed by atoms with Gasteiger partial charge in [-0.25, -0.2) is 4.39 Å². The van der Waals surface area contributed by atoms with Gasteiger partial charge >= 0.3 is 0 Å². The van der Waals surface area contributed by atoms with Gasteiger partial charge in [0.1, 0.15) is 0 Å². The van der Waals surface area contributed by atoms with Crippen molar-refractivity contribution in [1.29, 1.82) is 0 Å². The van der Waals surface area contributed by atoms with Gasteiger partial charge in [-0.2, -0.15) is 0 Å². The molecule has 31 heavy (non-hydrogen) atoms. The zero-order valence-corrected chi connectivity index (χ0v) is 18.5. The highest BCUT2D eigenvalue weighted by molar-refractivity contribution is 5.93. The third kappa shape index (κ3) is 13.2. The Balaban J connectivity index is 2.16. The molecule has 0 aliphatic heterocycles. The molecule has 1 fully saturated rings. The number of unbranched alkanes of at least 4 members (excludes halogenated alkanes) is 10. The number of aliphatic hydroxyl groups is 3. The average molecular weight is 443 g/mol. The molecule has 2 atom stereocenters. The number of allylic oxidation sites excluding steroid dienone is 2. The third-order valence-corrected chi connectivity index (χ3v) is 5.26. The first kappa shape index (κ1) is 27.1. The smallest absolute Gasteiger partial charge is 0.286 e. The Hall–Kier alpha value is -1.93. The van der Waals surface area contributed by atoms with Gasteiger partial charge in [-0.15, -0.1) is 0 Å². The minimum absolute atomic E-state index is 0.194. The molecule has 0 heterocycles. The minimum Gasteiger partial charge on any atom is -0.503 e. The van der Waals surface area contributed by atoms with E-state index in [1.807, 2.05) is 0 Å². The van der Waals surface area contributed by atoms with Crippen molar-refractivity contribution in [3.05, 3.63) is 23.7 Å². The lowest BCUT2D eigenvalue weighted by Crippen LogP contribution is -2.35. The van der Waals surface area contributed by atoms with Gasteiger partial charge in [-0.1, -0.05) is 38.5 Å². The summed E-state index contributed by atoms with van der Waals surface area (Å²) in [4.78, 5) is 23.8. The maximum Gasteiger partial charge on any atom is 0.286 e. The maximum absolute atomic E-state index is 13.9. The summed E-state index contributed by atoms with van der Waals surface area (Å²) in [7, 11) is 0. The Morgan fingerprint density at radius 2 is 1.19 bits per heavy atom. The summed E-state index contributed by atoms with van der Waals surface area (Å²) in [6, 6.07) is -0.627. The van der Waals surface area contributed by atoms with Crippen LogP contribution in [0.3, 0.4) is 0 Å². The molecule has 5 N–H and O–H groups in total. The molecule has 0 bridgehead atoms. The molecule has 1 aliphatic rings. The molecule has 0 aromatic heterocycles. The first-order valence-corrected chi connectivity index (χ1v) is 11.6. The van der Waals surface area contributed by atoms with Crippen LogP contribution in [0.25, 0.3) is 0 Å². The van der Waals surface area contributed by atoms with E-state index >= 15 is 0 Å². The quantitative estimate of drug-likeness (QED) is 0.127. The summed E-state index contributed by atoms with van der Waals surface area (Å²) in [5.74, 6) is -2.51. The molecule has 0 aromatic carbocycles. The monoisotopic (exact) mass is 442 g/mol. The third-order valence-electron chi connectivity index (χ3n) is 5.26. The number of carbonyl (C=O) groups is 2. The van der Waals surface area contributed by atoms with Crippen LogP contribution in [0.15, 0.2) is 23.7 Å². The van der Waals surface area contributed by atoms with Crippen LogP contribution in [0.2, 0.25) is 0 Å². The molecule has 0 aromatic rings. The molecule has 1 saturated carbocycles. The van der Waals surface area contributed by atoms with Crippen molar-refractivity contribution < 1.29 is 29.3 Å². The molecule has 178 valence electrons. The van der Waals surface area contributed by atoms with Gasteiger partial charge in [-0.05, 0) is 57.1 Å². The van der Waals surface area contributed by atoms with E-state index in [4.69, 9.17) is 10.2 Å². The Labute approximate surface area is 184 Å². The SMILES string of the molecule is O=C(N[C@@H]1C[C@H]1NC(=O)/C(F)=C/CCCCCCCO)/C(O)=C/CCCCCCCO. The molecule has 0 spiro atoms. The molecule has 2 amide bonds. The van der Waals surface area contributed by atoms with Crippen LogP contribution in [0.4, 0.5) is 4.39 Å². The van der Waals surface area contributed by atoms with Crippen LogP contribution in [0.1, 0.15) is 83.5 Å². The van der Waals surface area contributed by atoms with E-state index in [0.29, 0.717) is 19.3 Å². The Morgan fingerprint density at radius 1 is 0.742 bits per heavy atom. The number of aliphatic hydroxyl groups excluding tert-OH is 3. The number of hydrogen-bond donors (Lipinski definition) is 5. The van der Waals surface area contributed by atoms with Crippen LogP contribution in [0.5, 0.6) is 0 Å². The van der Waals surface area contributed by atoms with E-state index in [0.717, 1.165) is 64.2 Å². The highest BCUT2D eigenvalue weighted by Crippen LogP contribution is 2.22. The Kier molecular flexibility index (Phi) is 14.6. The van der Waals surface area contributed by atoms with Gasteiger partial charge in [-0.3, -0.25) is 9.59 Å². The zero-order chi connectivity index (χ0) is 22.9.